The van der Waals surface area contributed by atoms with Gasteiger partial charge in [0, 0.05) is 0 Å². The van der Waals surface area contributed by atoms with E-state index in [1.54, 1.807) is 0 Å². The summed E-state index contributed by atoms with van der Waals surface area (Å²) in [6.45, 7) is 0. The first-order valence-electron chi connectivity index (χ1n) is 1.12. The Morgan fingerprint density at radius 2 is 2.50 bits per heavy atom. The van der Waals surface area contributed by atoms with Crippen molar-refractivity contribution in [1.29, 1.82) is 0 Å². The van der Waals surface area contributed by atoms with Crippen LogP contribution in [0.15, 0.2) is 4.66 Å². The molecule has 0 aromatic heterocycles. The molecule has 0 aromatic carbocycles. The Morgan fingerprint density at radius 3 is 2.50 bits per heavy atom. The molecule has 6 heteroatoms. The zero-order chi connectivity index (χ0) is 4.99. The maximum atomic E-state index is 9.45. The summed E-state index contributed by atoms with van der Waals surface area (Å²) in [6.07, 6.45) is 0. The third-order valence-electron chi connectivity index (χ3n) is 0.157. The number of nitrogens with zero attached hydrogens (tertiary/aromatic N) is 1. The molecule has 0 N–H and O–H groups in total. The van der Waals surface area contributed by atoms with Crippen LogP contribution >= 0.6 is 36.0 Å². The van der Waals surface area contributed by atoms with Crippen LogP contribution in [0.1, 0.15) is 0 Å². The normalized spacial score (nSPS) is 10.7. The summed E-state index contributed by atoms with van der Waals surface area (Å²) >= 11 is 2.07. The molecule has 2 nitrogen and oxygen atoms in total. The van der Waals surface area contributed by atoms with Crippen LogP contribution in [0.2, 0.25) is 0 Å². The van der Waals surface area contributed by atoms with E-state index < -0.39 is 5.04 Å². The number of hydrogen-bond acceptors (Lipinski definition) is 1. The first-order chi connectivity index (χ1) is 2.77. The SMILES string of the molecule is O=BN=[P+](P)I. The van der Waals surface area contributed by atoms with Crippen LogP contribution in [0.3, 0.4) is 0 Å². The van der Waals surface area contributed by atoms with Crippen LogP contribution in [0.4, 0.5) is 0 Å². The molecule has 0 radical (unpaired) electrons. The van der Waals surface area contributed by atoms with Gasteiger partial charge in [0.05, 0.1) is 0 Å². The van der Waals surface area contributed by atoms with Crippen LogP contribution < -0.4 is 0 Å². The second-order valence-electron chi connectivity index (χ2n) is 0.510. The van der Waals surface area contributed by atoms with Crippen molar-refractivity contribution < 1.29 is 4.70 Å². The fraction of sp³-hybridized carbons (Fsp3) is 0. The first-order valence-corrected chi connectivity index (χ1v) is 6.82. The van der Waals surface area contributed by atoms with Crippen LogP contribution in [0.5, 0.6) is 0 Å². The molecule has 0 aliphatic heterocycles. The van der Waals surface area contributed by atoms with Gasteiger partial charge in [0.1, 0.15) is 0 Å². The Hall–Kier alpha value is 1.12. The fourth-order valence-corrected chi connectivity index (χ4v) is 0.604. The van der Waals surface area contributed by atoms with Gasteiger partial charge in [-0.05, 0) is 0 Å². The molecule has 2 atom stereocenters. The van der Waals surface area contributed by atoms with Crippen LogP contribution in [0, 0.1) is 0 Å². The molecule has 0 bridgehead atoms. The van der Waals surface area contributed by atoms with Gasteiger partial charge in [0.15, 0.2) is 0 Å². The van der Waals surface area contributed by atoms with E-state index in [-0.39, 0.29) is 0 Å². The van der Waals surface area contributed by atoms with Crippen molar-refractivity contribution in [2.24, 2.45) is 4.66 Å². The molecule has 0 rings (SSSR count). The van der Waals surface area contributed by atoms with Crippen LogP contribution in [-0.4, -0.2) is 7.28 Å². The van der Waals surface area contributed by atoms with Crippen LogP contribution in [0.25, 0.3) is 0 Å². The average molecular weight is 232 g/mol. The van der Waals surface area contributed by atoms with Gasteiger partial charge in [-0.2, -0.15) is 0 Å². The average Bonchev–Trinajstić information content (AvgIpc) is 1.35. The van der Waals surface area contributed by atoms with Gasteiger partial charge < -0.3 is 0 Å². The molecule has 0 aliphatic rings. The fourth-order valence-electron chi connectivity index (χ4n) is 0.0450. The summed E-state index contributed by atoms with van der Waals surface area (Å²) in [6, 6.07) is 0. The Kier molecular flexibility index (Phi) is 5.09. The quantitative estimate of drug-likeness (QED) is 0.384. The van der Waals surface area contributed by atoms with E-state index in [0.29, 0.717) is 7.28 Å². The molecule has 0 saturated carbocycles. The second kappa shape index (κ2) is 4.29. The minimum absolute atomic E-state index is 0.457. The molecule has 0 saturated heterocycles. The van der Waals surface area contributed by atoms with Crippen molar-refractivity contribution in [3.63, 3.8) is 0 Å². The van der Waals surface area contributed by atoms with Gasteiger partial charge >= 0.3 is 52.7 Å². The van der Waals surface area contributed by atoms with Gasteiger partial charge in [0.2, 0.25) is 0 Å². The van der Waals surface area contributed by atoms with E-state index in [4.69, 9.17) is 0 Å². The van der Waals surface area contributed by atoms with Crippen molar-refractivity contribution in [3.05, 3.63) is 0 Å². The van der Waals surface area contributed by atoms with Gasteiger partial charge in [-0.15, -0.1) is 0 Å². The topological polar surface area (TPSA) is 29.4 Å². The predicted molar refractivity (Wildman–Crippen MR) is 39.5 cm³/mol. The molecular weight excluding hydrogens is 230 g/mol. The Morgan fingerprint density at radius 1 is 2.00 bits per heavy atom. The molecule has 0 amide bonds. The van der Waals surface area contributed by atoms with E-state index in [2.05, 4.69) is 35.6 Å². The van der Waals surface area contributed by atoms with E-state index >= 15 is 0 Å². The Balaban J connectivity index is 3.41. The Labute approximate surface area is 52.8 Å². The van der Waals surface area contributed by atoms with Crippen LogP contribution in [-0.2, 0) is 4.70 Å². The van der Waals surface area contributed by atoms with Gasteiger partial charge in [-0.25, -0.2) is 0 Å². The van der Waals surface area contributed by atoms with Gasteiger partial charge in [-0.1, -0.05) is 0 Å². The van der Waals surface area contributed by atoms with Gasteiger partial charge in [-0.3, -0.25) is 0 Å². The molecule has 0 aromatic rings. The summed E-state index contributed by atoms with van der Waals surface area (Å²) in [5, 5.41) is -0.457. The molecule has 0 fully saturated rings. The van der Waals surface area contributed by atoms with E-state index in [0.717, 1.165) is 0 Å². The summed E-state index contributed by atoms with van der Waals surface area (Å²) in [4.78, 5) is 0. The van der Waals surface area contributed by atoms with Crippen molar-refractivity contribution in [1.82, 2.24) is 0 Å². The molecule has 0 heterocycles. The summed E-state index contributed by atoms with van der Waals surface area (Å²) < 4.78 is 12.9. The molecule has 32 valence electrons. The zero-order valence-electron chi connectivity index (χ0n) is 2.84. The number of halogens is 1. The van der Waals surface area contributed by atoms with E-state index in [1.165, 1.54) is 0 Å². The molecular formula is H2BINOP2+. The third kappa shape index (κ3) is 5.12. The predicted octanol–water partition coefficient (Wildman–Crippen LogP) is 1.76. The number of hydrogen-bond donors (Lipinski definition) is 0. The molecule has 0 spiro atoms. The third-order valence-corrected chi connectivity index (χ3v) is 1.62. The van der Waals surface area contributed by atoms with Crippen molar-refractivity contribution in [3.8, 4) is 0 Å². The summed E-state index contributed by atoms with van der Waals surface area (Å²) in [7, 11) is 3.01. The molecule has 2 unspecified atom stereocenters. The first kappa shape index (κ1) is 7.12. The van der Waals surface area contributed by atoms with Gasteiger partial charge in [0.25, 0.3) is 0 Å². The Bertz CT molecular complexity index is 77.6. The monoisotopic (exact) mass is 232 g/mol. The summed E-state index contributed by atoms with van der Waals surface area (Å²) in [5.41, 5.74) is 0. The second-order valence-corrected chi connectivity index (χ2v) is 8.90. The number of rotatable bonds is 1. The maximum absolute atomic E-state index is 9.45. The standard InChI is InChI=1S/BH2INOP2/c2-6(5)3-1-4/h5H2/q+1. The van der Waals surface area contributed by atoms with E-state index in [9.17, 15) is 4.70 Å². The minimum atomic E-state index is -0.457. The summed E-state index contributed by atoms with van der Waals surface area (Å²) in [5.74, 6) is 0. The van der Waals surface area contributed by atoms with E-state index in [1.807, 2.05) is 0 Å². The van der Waals surface area contributed by atoms with Crippen molar-refractivity contribution in [2.45, 2.75) is 0 Å². The molecule has 6 heavy (non-hydrogen) atoms. The van der Waals surface area contributed by atoms with Crippen molar-refractivity contribution in [2.75, 3.05) is 0 Å². The van der Waals surface area contributed by atoms with Crippen molar-refractivity contribution >= 4 is 43.3 Å². The molecule has 0 aliphatic carbocycles. The zero-order valence-corrected chi connectivity index (χ0v) is 7.04.